The zero-order chi connectivity index (χ0) is 18.7. The molecule has 0 radical (unpaired) electrons. The van der Waals surface area contributed by atoms with E-state index in [4.69, 9.17) is 0 Å². The van der Waals surface area contributed by atoms with Crippen LogP contribution in [-0.4, -0.2) is 22.4 Å². The summed E-state index contributed by atoms with van der Waals surface area (Å²) in [6.45, 7) is 3.57. The zero-order valence-electron chi connectivity index (χ0n) is 13.1. The summed E-state index contributed by atoms with van der Waals surface area (Å²) in [5.41, 5.74) is -1.08. The molecule has 0 saturated heterocycles. The van der Waals surface area contributed by atoms with E-state index in [9.17, 15) is 31.1 Å². The number of aryl methyl sites for hydroxylation is 1. The lowest BCUT2D eigenvalue weighted by molar-refractivity contribution is -0.155. The van der Waals surface area contributed by atoms with Crippen molar-refractivity contribution in [1.29, 1.82) is 0 Å². The molecule has 0 bridgehead atoms. The molecule has 0 aliphatic carbocycles. The summed E-state index contributed by atoms with van der Waals surface area (Å²) >= 11 is 0. The van der Waals surface area contributed by atoms with Crippen molar-refractivity contribution in [1.82, 2.24) is 9.78 Å². The number of carbonyl (C=O) groups excluding carboxylic acids is 1. The van der Waals surface area contributed by atoms with Crippen LogP contribution in [0.4, 0.5) is 26.3 Å². The molecule has 24 heavy (non-hydrogen) atoms. The number of esters is 1. The van der Waals surface area contributed by atoms with Crippen molar-refractivity contribution in [3.63, 3.8) is 0 Å². The van der Waals surface area contributed by atoms with Gasteiger partial charge in [0.05, 0.1) is 12.3 Å². The molecule has 0 N–H and O–H groups in total. The first-order chi connectivity index (χ1) is 10.9. The van der Waals surface area contributed by atoms with Gasteiger partial charge in [0.2, 0.25) is 0 Å². The number of aromatic nitrogens is 2. The van der Waals surface area contributed by atoms with Crippen molar-refractivity contribution in [2.75, 3.05) is 6.61 Å². The second-order valence-corrected chi connectivity index (χ2v) is 5.38. The van der Waals surface area contributed by atoms with Crippen LogP contribution in [0.1, 0.15) is 37.7 Å². The predicted molar refractivity (Wildman–Crippen MR) is 71.8 cm³/mol. The van der Waals surface area contributed by atoms with Crippen LogP contribution in [-0.2, 0) is 15.7 Å². The van der Waals surface area contributed by atoms with E-state index in [1.54, 1.807) is 0 Å². The highest BCUT2D eigenvalue weighted by Gasteiger charge is 2.40. The Morgan fingerprint density at radius 2 is 1.88 bits per heavy atom. The van der Waals surface area contributed by atoms with Crippen LogP contribution < -0.4 is 0 Å². The van der Waals surface area contributed by atoms with Crippen molar-refractivity contribution in [2.24, 2.45) is 5.92 Å². The highest BCUT2D eigenvalue weighted by Crippen LogP contribution is 2.33. The molecule has 4 nitrogen and oxygen atoms in total. The molecule has 0 fully saturated rings. The Kier molecular flexibility index (Phi) is 6.44. The Bertz CT molecular complexity index is 617. The van der Waals surface area contributed by atoms with Crippen LogP contribution in [0.5, 0.6) is 0 Å². The van der Waals surface area contributed by atoms with E-state index in [1.165, 1.54) is 20.8 Å². The minimum Gasteiger partial charge on any atom is -0.464 e. The van der Waals surface area contributed by atoms with E-state index >= 15 is 0 Å². The fourth-order valence-corrected chi connectivity index (χ4v) is 2.02. The maximum Gasteiger partial charge on any atom is 0.433 e. The lowest BCUT2D eigenvalue weighted by Crippen LogP contribution is -2.31. The minimum atomic E-state index is -4.74. The number of hydrogen-bond donors (Lipinski definition) is 0. The molecule has 1 heterocycles. The quantitative estimate of drug-likeness (QED) is 0.559. The fourth-order valence-electron chi connectivity index (χ4n) is 2.02. The molecule has 10 heteroatoms. The average Bonchev–Trinajstić information content (AvgIpc) is 2.79. The molecule has 0 aromatic carbocycles. The van der Waals surface area contributed by atoms with Gasteiger partial charge in [-0.2, -0.15) is 27.1 Å². The number of halogens is 6. The molecule has 1 aromatic rings. The van der Waals surface area contributed by atoms with Gasteiger partial charge in [-0.25, -0.2) is 13.9 Å². The summed E-state index contributed by atoms with van der Waals surface area (Å²) in [6, 6.07) is -0.638. The third-order valence-corrected chi connectivity index (χ3v) is 3.06. The Morgan fingerprint density at radius 3 is 2.33 bits per heavy atom. The Morgan fingerprint density at radius 1 is 1.29 bits per heavy atom. The van der Waals surface area contributed by atoms with Gasteiger partial charge in [0, 0.05) is 6.42 Å². The van der Waals surface area contributed by atoms with E-state index in [-0.39, 0.29) is 5.69 Å². The third kappa shape index (κ3) is 5.00. The largest absolute Gasteiger partial charge is 0.464 e. The number of ether oxygens (including phenoxy) is 1. The number of hydrogen-bond acceptors (Lipinski definition) is 3. The molecule has 1 atom stereocenters. The van der Waals surface area contributed by atoms with Crippen molar-refractivity contribution in [2.45, 2.75) is 39.4 Å². The fraction of sp³-hybridized carbons (Fsp3) is 0.571. The minimum absolute atomic E-state index is 0.0502. The SMILES string of the molecule is Cc1cc(C(F)(F)F)n(C(C(=O)OCCC(F)=C(F)F)C(C)C)n1. The summed E-state index contributed by atoms with van der Waals surface area (Å²) in [6.07, 6.45) is -8.13. The van der Waals surface area contributed by atoms with Gasteiger partial charge in [0.15, 0.2) is 11.9 Å². The number of nitrogens with zero attached hydrogens (tertiary/aromatic N) is 2. The van der Waals surface area contributed by atoms with Gasteiger partial charge < -0.3 is 4.74 Å². The summed E-state index contributed by atoms with van der Waals surface area (Å²) in [5.74, 6) is -3.48. The van der Waals surface area contributed by atoms with Gasteiger partial charge in [0.1, 0.15) is 5.69 Å². The first kappa shape index (κ1) is 20.0. The van der Waals surface area contributed by atoms with Crippen LogP contribution in [0.3, 0.4) is 0 Å². The van der Waals surface area contributed by atoms with Crippen molar-refractivity contribution >= 4 is 5.97 Å². The van der Waals surface area contributed by atoms with Gasteiger partial charge in [-0.3, -0.25) is 0 Å². The Labute approximate surface area is 134 Å². The smallest absolute Gasteiger partial charge is 0.433 e. The molecule has 1 rings (SSSR count). The number of rotatable bonds is 6. The molecule has 0 spiro atoms. The van der Waals surface area contributed by atoms with Gasteiger partial charge >= 0.3 is 18.2 Å². The molecular weight excluding hydrogens is 342 g/mol. The third-order valence-electron chi connectivity index (χ3n) is 3.06. The van der Waals surface area contributed by atoms with E-state index in [1.807, 2.05) is 0 Å². The average molecular weight is 358 g/mol. The molecule has 0 saturated carbocycles. The van der Waals surface area contributed by atoms with Crippen molar-refractivity contribution < 1.29 is 35.9 Å². The standard InChI is InChI=1S/C14H16F6N2O2/c1-7(2)11(13(23)24-5-4-9(15)12(16)17)22-10(14(18,19)20)6-8(3)21-22/h6-7,11H,4-5H2,1-3H3. The van der Waals surface area contributed by atoms with Gasteiger partial charge in [-0.05, 0) is 18.9 Å². The van der Waals surface area contributed by atoms with E-state index < -0.39 is 54.7 Å². The van der Waals surface area contributed by atoms with Crippen molar-refractivity contribution in [3.05, 3.63) is 29.4 Å². The first-order valence-electron chi connectivity index (χ1n) is 6.94. The van der Waals surface area contributed by atoms with E-state index in [0.29, 0.717) is 4.68 Å². The van der Waals surface area contributed by atoms with Gasteiger partial charge in [0.25, 0.3) is 0 Å². The highest BCUT2D eigenvalue weighted by molar-refractivity contribution is 5.74. The molecule has 1 unspecified atom stereocenters. The van der Waals surface area contributed by atoms with Crippen LogP contribution in [0.25, 0.3) is 0 Å². The molecular formula is C14H16F6N2O2. The second kappa shape index (κ2) is 7.71. The second-order valence-electron chi connectivity index (χ2n) is 5.38. The van der Waals surface area contributed by atoms with E-state index in [2.05, 4.69) is 9.84 Å². The maximum absolute atomic E-state index is 13.0. The number of carbonyl (C=O) groups is 1. The van der Waals surface area contributed by atoms with Crippen LogP contribution in [0, 0.1) is 12.8 Å². The first-order valence-corrected chi connectivity index (χ1v) is 6.94. The summed E-state index contributed by atoms with van der Waals surface area (Å²) < 4.78 is 80.8. The Hall–Kier alpha value is -2.00. The molecule has 136 valence electrons. The maximum atomic E-state index is 13.0. The van der Waals surface area contributed by atoms with Crippen molar-refractivity contribution in [3.8, 4) is 0 Å². The molecule has 1 aromatic heterocycles. The highest BCUT2D eigenvalue weighted by atomic mass is 19.4. The van der Waals surface area contributed by atoms with Crippen LogP contribution >= 0.6 is 0 Å². The number of alkyl halides is 3. The Balaban J connectivity index is 3.00. The summed E-state index contributed by atoms with van der Waals surface area (Å²) in [5, 5.41) is 3.68. The summed E-state index contributed by atoms with van der Waals surface area (Å²) in [7, 11) is 0. The van der Waals surface area contributed by atoms with Gasteiger partial charge in [-0.1, -0.05) is 13.8 Å². The molecule has 0 amide bonds. The van der Waals surface area contributed by atoms with E-state index in [0.717, 1.165) is 6.07 Å². The van der Waals surface area contributed by atoms with Gasteiger partial charge in [-0.15, -0.1) is 0 Å². The monoisotopic (exact) mass is 358 g/mol. The van der Waals surface area contributed by atoms with Crippen LogP contribution in [0.15, 0.2) is 18.0 Å². The normalized spacial score (nSPS) is 13.1. The lowest BCUT2D eigenvalue weighted by Gasteiger charge is -2.22. The summed E-state index contributed by atoms with van der Waals surface area (Å²) in [4.78, 5) is 12.0. The zero-order valence-corrected chi connectivity index (χ0v) is 13.1. The molecule has 0 aliphatic rings. The van der Waals surface area contributed by atoms with Crippen LogP contribution in [0.2, 0.25) is 0 Å². The lowest BCUT2D eigenvalue weighted by atomic mass is 10.0. The molecule has 0 aliphatic heterocycles. The predicted octanol–water partition coefficient (Wildman–Crippen LogP) is 4.42. The topological polar surface area (TPSA) is 44.1 Å².